The number of carbonyl (C=O) groups excluding carboxylic acids is 1. The van der Waals surface area contributed by atoms with Crippen LogP contribution in [0.3, 0.4) is 0 Å². The molecule has 0 spiro atoms. The van der Waals surface area contributed by atoms with Gasteiger partial charge in [0.2, 0.25) is 0 Å². The molecule has 0 saturated heterocycles. The van der Waals surface area contributed by atoms with Crippen LogP contribution in [0.4, 0.5) is 0 Å². The van der Waals surface area contributed by atoms with Gasteiger partial charge in [0.1, 0.15) is 0 Å². The van der Waals surface area contributed by atoms with E-state index in [4.69, 9.17) is 9.47 Å². The van der Waals surface area contributed by atoms with Crippen molar-refractivity contribution in [1.82, 2.24) is 5.32 Å². The lowest BCUT2D eigenvalue weighted by Gasteiger charge is -2.34. The van der Waals surface area contributed by atoms with Crippen molar-refractivity contribution < 1.29 is 14.3 Å². The first kappa shape index (κ1) is 18.4. The third-order valence-corrected chi connectivity index (χ3v) is 4.96. The van der Waals surface area contributed by atoms with Crippen LogP contribution in [0.2, 0.25) is 0 Å². The second-order valence-corrected chi connectivity index (χ2v) is 6.64. The summed E-state index contributed by atoms with van der Waals surface area (Å²) in [5.41, 5.74) is 1.04. The standard InChI is InChI=1S/C20H29NO3/c1-5-7-16-10-11-18(19(12-16)23-4)24-13-20(22)21-17-9-6-8-14(2)15(17)3/h5,7,10-12,14-15,17H,6,8-9,13H2,1-4H3,(H,21,22)/b7-5+/t14-,15+,17+/m1/s1. The van der Waals surface area contributed by atoms with Gasteiger partial charge in [0, 0.05) is 6.04 Å². The molecule has 1 aromatic rings. The van der Waals surface area contributed by atoms with Gasteiger partial charge in [-0.1, -0.05) is 44.9 Å². The van der Waals surface area contributed by atoms with Gasteiger partial charge in [-0.25, -0.2) is 0 Å². The lowest BCUT2D eigenvalue weighted by molar-refractivity contribution is -0.124. The topological polar surface area (TPSA) is 47.6 Å². The molecule has 4 heteroatoms. The van der Waals surface area contributed by atoms with Crippen LogP contribution in [0.15, 0.2) is 24.3 Å². The van der Waals surface area contributed by atoms with E-state index in [9.17, 15) is 4.79 Å². The number of benzene rings is 1. The quantitative estimate of drug-likeness (QED) is 0.855. The molecule has 0 radical (unpaired) electrons. The summed E-state index contributed by atoms with van der Waals surface area (Å²) in [4.78, 5) is 12.2. The van der Waals surface area contributed by atoms with Gasteiger partial charge < -0.3 is 14.8 Å². The molecule has 4 nitrogen and oxygen atoms in total. The predicted octanol–water partition coefficient (Wildman–Crippen LogP) is 4.05. The van der Waals surface area contributed by atoms with Crippen molar-refractivity contribution in [2.45, 2.75) is 46.1 Å². The molecule has 1 fully saturated rings. The summed E-state index contributed by atoms with van der Waals surface area (Å²) in [7, 11) is 1.60. The van der Waals surface area contributed by atoms with E-state index in [1.54, 1.807) is 7.11 Å². The Morgan fingerprint density at radius 1 is 1.29 bits per heavy atom. The first-order valence-corrected chi connectivity index (χ1v) is 8.78. The first-order chi connectivity index (χ1) is 11.5. The third-order valence-electron chi connectivity index (χ3n) is 4.96. The molecule has 1 aromatic carbocycles. The second kappa shape index (κ2) is 8.76. The maximum atomic E-state index is 12.2. The highest BCUT2D eigenvalue weighted by atomic mass is 16.5. The number of nitrogens with one attached hydrogen (secondary N) is 1. The van der Waals surface area contributed by atoms with Crippen LogP contribution in [0, 0.1) is 11.8 Å². The van der Waals surface area contributed by atoms with Crippen molar-refractivity contribution in [1.29, 1.82) is 0 Å². The lowest BCUT2D eigenvalue weighted by Crippen LogP contribution is -2.45. The van der Waals surface area contributed by atoms with Crippen LogP contribution in [0.25, 0.3) is 6.08 Å². The molecule has 0 aliphatic heterocycles. The molecule has 1 aliphatic carbocycles. The Morgan fingerprint density at radius 3 is 2.79 bits per heavy atom. The van der Waals surface area contributed by atoms with E-state index >= 15 is 0 Å². The molecule has 1 saturated carbocycles. The highest BCUT2D eigenvalue weighted by Gasteiger charge is 2.28. The minimum Gasteiger partial charge on any atom is -0.493 e. The lowest BCUT2D eigenvalue weighted by atomic mass is 9.78. The zero-order valence-electron chi connectivity index (χ0n) is 15.2. The maximum absolute atomic E-state index is 12.2. The number of allylic oxidation sites excluding steroid dienone is 1. The summed E-state index contributed by atoms with van der Waals surface area (Å²) in [5, 5.41) is 3.12. The Balaban J connectivity index is 1.91. The van der Waals surface area contributed by atoms with Gasteiger partial charge >= 0.3 is 0 Å². The van der Waals surface area contributed by atoms with Crippen molar-refractivity contribution in [2.24, 2.45) is 11.8 Å². The monoisotopic (exact) mass is 331 g/mol. The molecule has 0 bridgehead atoms. The van der Waals surface area contributed by atoms with E-state index in [1.807, 2.05) is 37.3 Å². The van der Waals surface area contributed by atoms with Crippen LogP contribution in [0.1, 0.15) is 45.6 Å². The molecule has 3 atom stereocenters. The Bertz CT molecular complexity index is 582. The second-order valence-electron chi connectivity index (χ2n) is 6.64. The molecule has 0 heterocycles. The van der Waals surface area contributed by atoms with Crippen molar-refractivity contribution in [3.63, 3.8) is 0 Å². The summed E-state index contributed by atoms with van der Waals surface area (Å²) in [6, 6.07) is 5.94. The number of methoxy groups -OCH3 is 1. The fourth-order valence-electron chi connectivity index (χ4n) is 3.28. The van der Waals surface area contributed by atoms with Crippen LogP contribution in [0.5, 0.6) is 11.5 Å². The Kier molecular flexibility index (Phi) is 6.71. The van der Waals surface area contributed by atoms with Gasteiger partial charge in [-0.2, -0.15) is 0 Å². The van der Waals surface area contributed by atoms with Crippen molar-refractivity contribution >= 4 is 12.0 Å². The normalized spacial score (nSPS) is 23.9. The van der Waals surface area contributed by atoms with Crippen LogP contribution in [-0.2, 0) is 4.79 Å². The van der Waals surface area contributed by atoms with Gasteiger partial charge in [0.15, 0.2) is 18.1 Å². The van der Waals surface area contributed by atoms with E-state index < -0.39 is 0 Å². The zero-order valence-corrected chi connectivity index (χ0v) is 15.2. The van der Waals surface area contributed by atoms with E-state index in [0.717, 1.165) is 12.0 Å². The van der Waals surface area contributed by atoms with Crippen molar-refractivity contribution in [2.75, 3.05) is 13.7 Å². The van der Waals surface area contributed by atoms with E-state index in [1.165, 1.54) is 12.8 Å². The van der Waals surface area contributed by atoms with Gasteiger partial charge in [0.25, 0.3) is 5.91 Å². The SMILES string of the molecule is C/C=C/c1ccc(OCC(=O)N[C@H]2CCC[C@@H](C)[C@@H]2C)c(OC)c1. The summed E-state index contributed by atoms with van der Waals surface area (Å²) >= 11 is 0. The molecule has 1 amide bonds. The van der Waals surface area contributed by atoms with Gasteiger partial charge in [0.05, 0.1) is 7.11 Å². The summed E-state index contributed by atoms with van der Waals surface area (Å²) < 4.78 is 11.0. The largest absolute Gasteiger partial charge is 0.493 e. The number of ether oxygens (including phenoxy) is 2. The average Bonchev–Trinajstić information content (AvgIpc) is 2.58. The molecule has 24 heavy (non-hydrogen) atoms. The highest BCUT2D eigenvalue weighted by Crippen LogP contribution is 2.30. The molecule has 1 N–H and O–H groups in total. The van der Waals surface area contributed by atoms with Gasteiger partial charge in [-0.15, -0.1) is 0 Å². The van der Waals surface area contributed by atoms with Crippen molar-refractivity contribution in [3.05, 3.63) is 29.8 Å². The van der Waals surface area contributed by atoms with Crippen LogP contribution < -0.4 is 14.8 Å². The molecular formula is C20H29NO3. The number of hydrogen-bond donors (Lipinski definition) is 1. The fourth-order valence-corrected chi connectivity index (χ4v) is 3.28. The van der Waals surface area contributed by atoms with Crippen LogP contribution in [-0.4, -0.2) is 25.7 Å². The number of carbonyl (C=O) groups is 1. The molecule has 2 rings (SSSR count). The maximum Gasteiger partial charge on any atom is 0.258 e. The minimum atomic E-state index is -0.0690. The average molecular weight is 331 g/mol. The summed E-state index contributed by atoms with van der Waals surface area (Å²) in [5.74, 6) is 2.33. The Labute approximate surface area is 145 Å². The Morgan fingerprint density at radius 2 is 2.08 bits per heavy atom. The van der Waals surface area contributed by atoms with E-state index in [2.05, 4.69) is 19.2 Å². The molecule has 0 aromatic heterocycles. The number of amides is 1. The molecule has 0 unspecified atom stereocenters. The Hall–Kier alpha value is -1.97. The zero-order chi connectivity index (χ0) is 17.5. The van der Waals surface area contributed by atoms with Gasteiger partial charge in [-0.3, -0.25) is 4.79 Å². The summed E-state index contributed by atoms with van der Waals surface area (Å²) in [6.45, 7) is 6.46. The highest BCUT2D eigenvalue weighted by molar-refractivity contribution is 5.78. The first-order valence-electron chi connectivity index (χ1n) is 8.78. The van der Waals surface area contributed by atoms with Gasteiger partial charge in [-0.05, 0) is 42.9 Å². The molecular weight excluding hydrogens is 302 g/mol. The molecule has 132 valence electrons. The van der Waals surface area contributed by atoms with E-state index in [-0.39, 0.29) is 18.6 Å². The minimum absolute atomic E-state index is 0.0108. The van der Waals surface area contributed by atoms with Crippen molar-refractivity contribution in [3.8, 4) is 11.5 Å². The number of hydrogen-bond acceptors (Lipinski definition) is 3. The number of rotatable bonds is 6. The van der Waals surface area contributed by atoms with Crippen LogP contribution >= 0.6 is 0 Å². The summed E-state index contributed by atoms with van der Waals surface area (Å²) in [6.07, 6.45) is 7.44. The smallest absolute Gasteiger partial charge is 0.258 e. The fraction of sp³-hybridized carbons (Fsp3) is 0.550. The predicted molar refractivity (Wildman–Crippen MR) is 97.3 cm³/mol. The van der Waals surface area contributed by atoms with E-state index in [0.29, 0.717) is 23.3 Å². The third kappa shape index (κ3) is 4.76. The molecule has 1 aliphatic rings.